The van der Waals surface area contributed by atoms with Gasteiger partial charge < -0.3 is 4.42 Å². The van der Waals surface area contributed by atoms with Crippen LogP contribution in [0.1, 0.15) is 34.3 Å². The predicted octanol–water partition coefficient (Wildman–Crippen LogP) is 13.7. The molecule has 0 unspecified atom stereocenters. The lowest BCUT2D eigenvalue weighted by Crippen LogP contribution is -1.92. The minimum atomic E-state index is -0.984. The number of rotatable bonds is 4. The summed E-state index contributed by atoms with van der Waals surface area (Å²) in [5.41, 5.74) is -4.27. The topological polar surface area (TPSA) is 13.1 Å². The minimum absolute atomic E-state index is 0.129. The summed E-state index contributed by atoms with van der Waals surface area (Å²) in [6, 6.07) is -14.1. The monoisotopic (exact) mass is 647 g/mol. The molecule has 10 aromatic rings. The quantitative estimate of drug-likeness (QED) is 0.137. The van der Waals surface area contributed by atoms with E-state index in [9.17, 15) is 13.7 Å². The van der Waals surface area contributed by atoms with E-state index >= 15 is 0 Å². The molecule has 0 N–H and O–H groups in total. The summed E-state index contributed by atoms with van der Waals surface area (Å²) in [6.07, 6.45) is 0. The summed E-state index contributed by atoms with van der Waals surface area (Å²) in [4.78, 5) is 0. The van der Waals surface area contributed by atoms with Gasteiger partial charge in [0.2, 0.25) is 0 Å². The maximum absolute atomic E-state index is 10.0. The van der Waals surface area contributed by atoms with Crippen LogP contribution >= 0.6 is 0 Å². The molecule has 0 aliphatic carbocycles. The number of hydrogen-bond donors (Lipinski definition) is 0. The van der Waals surface area contributed by atoms with E-state index in [0.717, 1.165) is 0 Å². The SMILES string of the molecule is [2H]c1c([2H])c([2H])c(-c2c([2H])c([2H])c3oc(-c4c([2H])c([2H])c([2H])c5c([2H])c([2H])c6c([2H])c([2H])c([2H])c([2H])c6c45)c(-c4c5c([2H])c([2H])c([2H])c([2H])c5c(-c5ccccc5)c5c([2H])c([2H])c([2H])c([2H])c45)c3c2[2H])c([2H])c1[2H]. The second-order valence-electron chi connectivity index (χ2n) is 10.9. The van der Waals surface area contributed by atoms with Gasteiger partial charge in [-0.25, -0.2) is 0 Å². The van der Waals surface area contributed by atoms with Crippen LogP contribution in [0.25, 0.3) is 98.8 Å². The molecular weight excluding hydrogens is 593 g/mol. The van der Waals surface area contributed by atoms with Crippen LogP contribution < -0.4 is 0 Å². The van der Waals surface area contributed by atoms with Crippen LogP contribution in [0.3, 0.4) is 0 Å². The van der Waals surface area contributed by atoms with Crippen molar-refractivity contribution in [3.63, 3.8) is 0 Å². The summed E-state index contributed by atoms with van der Waals surface area (Å²) in [5, 5.41) is -4.87. The Morgan fingerprint density at radius 1 is 0.388 bits per heavy atom. The van der Waals surface area contributed by atoms with Crippen LogP contribution in [0.4, 0.5) is 0 Å². The first-order chi connectivity index (χ1) is 34.7. The maximum Gasteiger partial charge on any atom is 0.143 e. The van der Waals surface area contributed by atoms with Gasteiger partial charge in [0.15, 0.2) is 0 Å². The van der Waals surface area contributed by atoms with Crippen LogP contribution in [-0.2, 0) is 0 Å². The second kappa shape index (κ2) is 11.1. The van der Waals surface area contributed by atoms with Crippen molar-refractivity contribution in [2.45, 2.75) is 0 Å². The van der Waals surface area contributed by atoms with Gasteiger partial charge in [0.05, 0.1) is 34.3 Å². The van der Waals surface area contributed by atoms with Gasteiger partial charge in [-0.1, -0.05) is 169 Å². The lowest BCUT2D eigenvalue weighted by Gasteiger charge is -2.18. The number of fused-ring (bicyclic) bond motifs is 6. The Bertz CT molecular complexity index is 4190. The average Bonchev–Trinajstić information content (AvgIpc) is 3.78. The van der Waals surface area contributed by atoms with Crippen LogP contribution in [-0.4, -0.2) is 0 Å². The van der Waals surface area contributed by atoms with Gasteiger partial charge in [0, 0.05) is 27.5 Å². The molecular formula is C48H30O. The van der Waals surface area contributed by atoms with E-state index in [0.29, 0.717) is 0 Å². The lowest BCUT2D eigenvalue weighted by molar-refractivity contribution is 0.633. The van der Waals surface area contributed by atoms with Gasteiger partial charge in [-0.3, -0.25) is 0 Å². The molecule has 0 amide bonds. The van der Waals surface area contributed by atoms with Crippen LogP contribution in [0.2, 0.25) is 0 Å². The van der Waals surface area contributed by atoms with Crippen molar-refractivity contribution >= 4 is 54.1 Å². The van der Waals surface area contributed by atoms with Crippen LogP contribution in [0.15, 0.2) is 186 Å². The molecule has 0 fully saturated rings. The minimum Gasteiger partial charge on any atom is -0.455 e. The van der Waals surface area contributed by atoms with Crippen molar-refractivity contribution in [3.8, 4) is 44.7 Å². The highest BCUT2D eigenvalue weighted by Crippen LogP contribution is 2.51. The Labute approximate surface area is 319 Å². The normalized spacial score (nSPS) is 18.8. The van der Waals surface area contributed by atoms with Crippen molar-refractivity contribution in [3.05, 3.63) is 181 Å². The Morgan fingerprint density at radius 2 is 1.00 bits per heavy atom. The molecule has 0 radical (unpaired) electrons. The molecule has 49 heavy (non-hydrogen) atoms. The molecule has 9 aromatic carbocycles. The van der Waals surface area contributed by atoms with E-state index < -0.39 is 228 Å². The standard InChI is InChI=1S/C48H30O/c1-3-14-31(15-4-1)35-28-29-43-42(30-35)47(48(49-43)41-25-13-19-34-27-26-32-16-7-8-20-36(32)44(34)41)46-39-23-11-9-21-37(39)45(33-17-5-2-6-18-33)38-22-10-12-24-40(38)46/h1-30H/i1D,3D,4D,7D,8D,9D,10D,11D,12D,13D,14D,15D,16D,19D,20D,21D,22D,23D,24D,25D,26D,27D,28D,29D,30D. The fraction of sp³-hybridized carbons (Fsp3) is 0. The first kappa shape index (κ1) is 12.5. The Kier molecular flexibility index (Phi) is 2.84. The maximum atomic E-state index is 10.0. The van der Waals surface area contributed by atoms with E-state index in [1.54, 1.807) is 18.2 Å². The fourth-order valence-electron chi connectivity index (χ4n) is 6.24. The molecule has 0 saturated heterocycles. The molecule has 1 heterocycles. The zero-order valence-electron chi connectivity index (χ0n) is 49.8. The van der Waals surface area contributed by atoms with Gasteiger partial charge >= 0.3 is 0 Å². The molecule has 0 aliphatic rings. The predicted molar refractivity (Wildman–Crippen MR) is 208 cm³/mol. The summed E-state index contributed by atoms with van der Waals surface area (Å²) in [6.45, 7) is 0. The third-order valence-corrected chi connectivity index (χ3v) is 8.25. The average molecular weight is 648 g/mol. The highest BCUT2D eigenvalue weighted by Gasteiger charge is 2.25. The van der Waals surface area contributed by atoms with Gasteiger partial charge in [0.25, 0.3) is 0 Å². The molecule has 0 saturated carbocycles. The van der Waals surface area contributed by atoms with Crippen molar-refractivity contribution in [1.82, 2.24) is 0 Å². The van der Waals surface area contributed by atoms with E-state index in [2.05, 4.69) is 0 Å². The zero-order chi connectivity index (χ0) is 54.1. The summed E-state index contributed by atoms with van der Waals surface area (Å²) in [7, 11) is 0. The highest BCUT2D eigenvalue weighted by molar-refractivity contribution is 6.26. The van der Waals surface area contributed by atoms with Crippen molar-refractivity contribution < 1.29 is 38.7 Å². The van der Waals surface area contributed by atoms with Crippen LogP contribution in [0.5, 0.6) is 0 Å². The molecule has 1 heteroatoms. The van der Waals surface area contributed by atoms with E-state index in [1.807, 2.05) is 0 Å². The lowest BCUT2D eigenvalue weighted by atomic mass is 9.84. The zero-order valence-corrected chi connectivity index (χ0v) is 24.8. The highest BCUT2D eigenvalue weighted by atomic mass is 16.3. The van der Waals surface area contributed by atoms with Gasteiger partial charge in [-0.2, -0.15) is 0 Å². The molecule has 10 rings (SSSR count). The third-order valence-electron chi connectivity index (χ3n) is 8.25. The number of hydrogen-bond acceptors (Lipinski definition) is 1. The molecule has 0 spiro atoms. The van der Waals surface area contributed by atoms with Crippen molar-refractivity contribution in [1.29, 1.82) is 0 Å². The third kappa shape index (κ3) is 4.33. The summed E-state index contributed by atoms with van der Waals surface area (Å²) in [5.74, 6) is -0.830. The number of furan rings is 1. The largest absolute Gasteiger partial charge is 0.455 e. The molecule has 0 bridgehead atoms. The first-order valence-corrected chi connectivity index (χ1v) is 14.8. The summed E-state index contributed by atoms with van der Waals surface area (Å²) >= 11 is 0. The molecule has 1 nitrogen and oxygen atoms in total. The number of benzene rings is 9. The Hall–Kier alpha value is -6.44. The van der Waals surface area contributed by atoms with E-state index in [4.69, 9.17) is 25.0 Å². The van der Waals surface area contributed by atoms with Gasteiger partial charge in [0.1, 0.15) is 11.3 Å². The smallest absolute Gasteiger partial charge is 0.143 e. The van der Waals surface area contributed by atoms with Gasteiger partial charge in [-0.05, 0) is 72.0 Å². The molecule has 0 aliphatic heterocycles. The molecule has 1 aromatic heterocycles. The fourth-order valence-corrected chi connectivity index (χ4v) is 6.24. The summed E-state index contributed by atoms with van der Waals surface area (Å²) < 4.78 is 234. The van der Waals surface area contributed by atoms with Crippen LogP contribution in [0, 0.1) is 0 Å². The van der Waals surface area contributed by atoms with E-state index in [1.165, 1.54) is 12.1 Å². The van der Waals surface area contributed by atoms with E-state index in [-0.39, 0.29) is 21.9 Å². The van der Waals surface area contributed by atoms with Gasteiger partial charge in [-0.15, -0.1) is 0 Å². The van der Waals surface area contributed by atoms with Crippen molar-refractivity contribution in [2.75, 3.05) is 0 Å². The Balaban J connectivity index is 1.64. The van der Waals surface area contributed by atoms with Crippen molar-refractivity contribution in [2.24, 2.45) is 0 Å². The molecule has 228 valence electrons. The Morgan fingerprint density at radius 3 is 1.73 bits per heavy atom. The molecule has 0 atom stereocenters. The first-order valence-electron chi connectivity index (χ1n) is 27.3. The second-order valence-corrected chi connectivity index (χ2v) is 10.9.